The van der Waals surface area contributed by atoms with Crippen LogP contribution in [0.1, 0.15) is 22.5 Å². The second kappa shape index (κ2) is 6.23. The van der Waals surface area contributed by atoms with Crippen molar-refractivity contribution in [1.29, 1.82) is 0 Å². The van der Waals surface area contributed by atoms with Crippen molar-refractivity contribution in [1.82, 2.24) is 24.6 Å². The highest BCUT2D eigenvalue weighted by Gasteiger charge is 2.38. The van der Waals surface area contributed by atoms with E-state index >= 15 is 0 Å². The second-order valence-electron chi connectivity index (χ2n) is 5.45. The summed E-state index contributed by atoms with van der Waals surface area (Å²) in [7, 11) is 3.58. The van der Waals surface area contributed by atoms with E-state index < -0.39 is 0 Å². The summed E-state index contributed by atoms with van der Waals surface area (Å²) in [5.41, 5.74) is 1.46. The van der Waals surface area contributed by atoms with Crippen molar-refractivity contribution in [2.75, 3.05) is 13.7 Å². The lowest BCUT2D eigenvalue weighted by Crippen LogP contribution is -2.42. The Morgan fingerprint density at radius 3 is 2.91 bits per heavy atom. The second-order valence-corrected chi connectivity index (χ2v) is 5.45. The molecule has 2 atom stereocenters. The Kier molecular flexibility index (Phi) is 4.15. The van der Waals surface area contributed by atoms with Gasteiger partial charge in [-0.3, -0.25) is 14.5 Å². The smallest absolute Gasteiger partial charge is 0.274 e. The number of hydrogen-bond acceptors (Lipinski definition) is 5. The third-order valence-corrected chi connectivity index (χ3v) is 4.03. The summed E-state index contributed by atoms with van der Waals surface area (Å²) in [6.45, 7) is 0.666. The molecule has 1 amide bonds. The molecule has 0 bridgehead atoms. The molecule has 0 radical (unpaired) electrons. The number of nitrogens with zero attached hydrogens (tertiary/aromatic N) is 5. The van der Waals surface area contributed by atoms with Gasteiger partial charge in [-0.15, -0.1) is 0 Å². The standard InChI is InChI=1S/C15H19N5O2/c1-19-10-11(8-18-19)7-13-14(22-2)3-6-20(13)15(21)12-9-16-4-5-17-12/h4-5,8-10,13-14H,3,6-7H2,1-2H3/t13-,14+/m1/s1. The topological polar surface area (TPSA) is 73.1 Å². The Hall–Kier alpha value is -2.28. The predicted molar refractivity (Wildman–Crippen MR) is 79.2 cm³/mol. The number of aryl methyl sites for hydroxylation is 1. The van der Waals surface area contributed by atoms with E-state index in [2.05, 4.69) is 15.1 Å². The van der Waals surface area contributed by atoms with Gasteiger partial charge in [0, 0.05) is 39.3 Å². The fraction of sp³-hybridized carbons (Fsp3) is 0.467. The number of likely N-dealkylation sites (tertiary alicyclic amines) is 1. The zero-order chi connectivity index (χ0) is 15.5. The average Bonchev–Trinajstić information content (AvgIpc) is 3.14. The first-order valence-corrected chi connectivity index (χ1v) is 7.26. The maximum Gasteiger partial charge on any atom is 0.274 e. The highest BCUT2D eigenvalue weighted by Crippen LogP contribution is 2.25. The van der Waals surface area contributed by atoms with Gasteiger partial charge in [0.25, 0.3) is 5.91 Å². The van der Waals surface area contributed by atoms with E-state index in [1.54, 1.807) is 18.0 Å². The monoisotopic (exact) mass is 301 g/mol. The number of ether oxygens (including phenoxy) is 1. The van der Waals surface area contributed by atoms with Gasteiger partial charge in [0.2, 0.25) is 0 Å². The molecule has 0 unspecified atom stereocenters. The van der Waals surface area contributed by atoms with Crippen molar-refractivity contribution in [2.45, 2.75) is 25.0 Å². The molecule has 1 aliphatic rings. The van der Waals surface area contributed by atoms with Crippen molar-refractivity contribution >= 4 is 5.91 Å². The van der Waals surface area contributed by atoms with Crippen LogP contribution in [0.4, 0.5) is 0 Å². The summed E-state index contributed by atoms with van der Waals surface area (Å²) in [6, 6.07) is -0.0105. The lowest BCUT2D eigenvalue weighted by atomic mass is 10.0. The van der Waals surface area contributed by atoms with Crippen molar-refractivity contribution < 1.29 is 9.53 Å². The van der Waals surface area contributed by atoms with Crippen LogP contribution in [0.2, 0.25) is 0 Å². The van der Waals surface area contributed by atoms with E-state index in [1.807, 2.05) is 24.3 Å². The van der Waals surface area contributed by atoms with Crippen LogP contribution in [0.25, 0.3) is 0 Å². The molecule has 1 fully saturated rings. The zero-order valence-electron chi connectivity index (χ0n) is 12.7. The zero-order valence-corrected chi connectivity index (χ0v) is 12.7. The molecule has 0 aromatic carbocycles. The Morgan fingerprint density at radius 1 is 1.41 bits per heavy atom. The normalized spacial score (nSPS) is 21.3. The first-order chi connectivity index (χ1) is 10.7. The molecule has 116 valence electrons. The summed E-state index contributed by atoms with van der Waals surface area (Å²) >= 11 is 0. The largest absolute Gasteiger partial charge is 0.379 e. The first kappa shape index (κ1) is 14.6. The quantitative estimate of drug-likeness (QED) is 0.830. The third-order valence-electron chi connectivity index (χ3n) is 4.03. The molecule has 7 nitrogen and oxygen atoms in total. The molecular weight excluding hydrogens is 282 g/mol. The number of amides is 1. The Balaban J connectivity index is 1.81. The average molecular weight is 301 g/mol. The Morgan fingerprint density at radius 2 is 2.27 bits per heavy atom. The van der Waals surface area contributed by atoms with Crippen LogP contribution < -0.4 is 0 Å². The molecule has 0 spiro atoms. The summed E-state index contributed by atoms with van der Waals surface area (Å²) in [5.74, 6) is -0.0958. The molecule has 1 saturated heterocycles. The molecule has 3 heterocycles. The summed E-state index contributed by atoms with van der Waals surface area (Å²) in [4.78, 5) is 22.6. The summed E-state index contributed by atoms with van der Waals surface area (Å²) in [5, 5.41) is 4.19. The highest BCUT2D eigenvalue weighted by atomic mass is 16.5. The predicted octanol–water partition coefficient (Wildman–Crippen LogP) is 0.682. The Labute approximate surface area is 128 Å². The van der Waals surface area contributed by atoms with Gasteiger partial charge in [0.05, 0.1) is 24.5 Å². The van der Waals surface area contributed by atoms with Gasteiger partial charge in [0.1, 0.15) is 5.69 Å². The van der Waals surface area contributed by atoms with E-state index in [4.69, 9.17) is 4.74 Å². The van der Waals surface area contributed by atoms with E-state index in [0.29, 0.717) is 12.2 Å². The van der Waals surface area contributed by atoms with Crippen LogP contribution in [0.3, 0.4) is 0 Å². The van der Waals surface area contributed by atoms with Crippen molar-refractivity contribution in [2.24, 2.45) is 7.05 Å². The number of rotatable bonds is 4. The van der Waals surface area contributed by atoms with Crippen LogP contribution in [0.15, 0.2) is 31.0 Å². The van der Waals surface area contributed by atoms with Crippen LogP contribution >= 0.6 is 0 Å². The minimum absolute atomic E-state index is 0.0105. The van der Waals surface area contributed by atoms with Crippen molar-refractivity contribution in [3.8, 4) is 0 Å². The number of methoxy groups -OCH3 is 1. The SMILES string of the molecule is CO[C@H]1CCN(C(=O)c2cnccn2)[C@@H]1Cc1cnn(C)c1. The maximum atomic E-state index is 12.7. The van der Waals surface area contributed by atoms with Gasteiger partial charge in [-0.1, -0.05) is 0 Å². The molecule has 1 aliphatic heterocycles. The van der Waals surface area contributed by atoms with Gasteiger partial charge in [-0.2, -0.15) is 5.10 Å². The van der Waals surface area contributed by atoms with Crippen molar-refractivity contribution in [3.63, 3.8) is 0 Å². The van der Waals surface area contributed by atoms with Crippen LogP contribution in [0.5, 0.6) is 0 Å². The molecule has 3 rings (SSSR count). The van der Waals surface area contributed by atoms with E-state index in [-0.39, 0.29) is 18.1 Å². The molecule has 0 N–H and O–H groups in total. The minimum Gasteiger partial charge on any atom is -0.379 e. The summed E-state index contributed by atoms with van der Waals surface area (Å²) in [6.07, 6.45) is 9.97. The third kappa shape index (κ3) is 2.85. The number of aromatic nitrogens is 4. The fourth-order valence-corrected chi connectivity index (χ4v) is 2.97. The molecular formula is C15H19N5O2. The van der Waals surface area contributed by atoms with Gasteiger partial charge in [-0.05, 0) is 18.4 Å². The van der Waals surface area contributed by atoms with Crippen LogP contribution in [-0.4, -0.2) is 56.4 Å². The van der Waals surface area contributed by atoms with E-state index in [1.165, 1.54) is 12.4 Å². The lowest BCUT2D eigenvalue weighted by Gasteiger charge is -2.27. The van der Waals surface area contributed by atoms with Gasteiger partial charge >= 0.3 is 0 Å². The molecule has 7 heteroatoms. The number of hydrogen-bond donors (Lipinski definition) is 0. The van der Waals surface area contributed by atoms with Crippen LogP contribution in [-0.2, 0) is 18.2 Å². The van der Waals surface area contributed by atoms with Crippen LogP contribution in [0, 0.1) is 0 Å². The molecule has 2 aromatic heterocycles. The number of carbonyl (C=O) groups excluding carboxylic acids is 1. The van der Waals surface area contributed by atoms with Gasteiger partial charge in [-0.25, -0.2) is 4.98 Å². The molecule has 0 aliphatic carbocycles. The first-order valence-electron chi connectivity index (χ1n) is 7.26. The van der Waals surface area contributed by atoms with Gasteiger partial charge in [0.15, 0.2) is 0 Å². The molecule has 0 saturated carbocycles. The highest BCUT2D eigenvalue weighted by molar-refractivity contribution is 5.92. The van der Waals surface area contributed by atoms with E-state index in [0.717, 1.165) is 18.4 Å². The molecule has 22 heavy (non-hydrogen) atoms. The fourth-order valence-electron chi connectivity index (χ4n) is 2.97. The van der Waals surface area contributed by atoms with Gasteiger partial charge < -0.3 is 9.64 Å². The lowest BCUT2D eigenvalue weighted by molar-refractivity contribution is 0.0504. The number of carbonyl (C=O) groups is 1. The summed E-state index contributed by atoms with van der Waals surface area (Å²) < 4.78 is 7.33. The minimum atomic E-state index is -0.0958. The molecule has 2 aromatic rings. The Bertz CT molecular complexity index is 642. The van der Waals surface area contributed by atoms with Crippen molar-refractivity contribution in [3.05, 3.63) is 42.2 Å². The van der Waals surface area contributed by atoms with E-state index in [9.17, 15) is 4.79 Å². The maximum absolute atomic E-state index is 12.7.